The van der Waals surface area contributed by atoms with Crippen molar-refractivity contribution in [2.45, 2.75) is 26.4 Å². The van der Waals surface area contributed by atoms with E-state index in [4.69, 9.17) is 4.98 Å². The maximum absolute atomic E-state index is 12.2. The number of benzene rings is 2. The summed E-state index contributed by atoms with van der Waals surface area (Å²) in [5, 5.41) is 2.94. The number of rotatable bonds is 4. The van der Waals surface area contributed by atoms with Gasteiger partial charge in [-0.05, 0) is 38.1 Å². The standard InChI is InChI=1S/C18H18BrN3O/c1-12(2)20-17(23)11-22-16-9-4-3-8-15(16)21-18(22)13-6-5-7-14(19)10-13/h3-10,12H,11H2,1-2H3,(H,20,23). The largest absolute Gasteiger partial charge is 0.352 e. The van der Waals surface area contributed by atoms with Crippen LogP contribution in [-0.4, -0.2) is 21.5 Å². The zero-order valence-corrected chi connectivity index (χ0v) is 14.7. The van der Waals surface area contributed by atoms with Crippen LogP contribution in [0.25, 0.3) is 22.4 Å². The van der Waals surface area contributed by atoms with Gasteiger partial charge in [0.25, 0.3) is 0 Å². The van der Waals surface area contributed by atoms with Crippen LogP contribution >= 0.6 is 15.9 Å². The first-order chi connectivity index (χ1) is 11.0. The van der Waals surface area contributed by atoms with Crippen LogP contribution in [0.1, 0.15) is 13.8 Å². The minimum Gasteiger partial charge on any atom is -0.352 e. The molecule has 0 aliphatic heterocycles. The van der Waals surface area contributed by atoms with Gasteiger partial charge in [-0.25, -0.2) is 4.98 Å². The van der Waals surface area contributed by atoms with Crippen LogP contribution in [-0.2, 0) is 11.3 Å². The molecule has 1 amide bonds. The number of carbonyl (C=O) groups excluding carboxylic acids is 1. The van der Waals surface area contributed by atoms with E-state index in [2.05, 4.69) is 21.2 Å². The molecule has 0 bridgehead atoms. The Kier molecular flexibility index (Phi) is 4.48. The maximum Gasteiger partial charge on any atom is 0.240 e. The zero-order chi connectivity index (χ0) is 16.4. The monoisotopic (exact) mass is 371 g/mol. The molecule has 0 radical (unpaired) electrons. The Hall–Kier alpha value is -2.14. The second-order valence-electron chi connectivity index (χ2n) is 5.74. The molecule has 3 rings (SSSR count). The smallest absolute Gasteiger partial charge is 0.240 e. The summed E-state index contributed by atoms with van der Waals surface area (Å²) in [5.74, 6) is 0.783. The van der Waals surface area contributed by atoms with Gasteiger partial charge in [-0.2, -0.15) is 0 Å². The third-order valence-corrected chi connectivity index (χ3v) is 3.98. The van der Waals surface area contributed by atoms with Gasteiger partial charge in [-0.3, -0.25) is 4.79 Å². The number of fused-ring (bicyclic) bond motifs is 1. The predicted octanol–water partition coefficient (Wildman–Crippen LogP) is 3.99. The topological polar surface area (TPSA) is 46.9 Å². The molecule has 5 heteroatoms. The highest BCUT2D eigenvalue weighted by Gasteiger charge is 2.15. The lowest BCUT2D eigenvalue weighted by Crippen LogP contribution is -2.33. The Morgan fingerprint density at radius 1 is 1.22 bits per heavy atom. The summed E-state index contributed by atoms with van der Waals surface area (Å²) in [6.07, 6.45) is 0. The highest BCUT2D eigenvalue weighted by molar-refractivity contribution is 9.10. The lowest BCUT2D eigenvalue weighted by molar-refractivity contribution is -0.122. The van der Waals surface area contributed by atoms with Crippen molar-refractivity contribution in [1.82, 2.24) is 14.9 Å². The summed E-state index contributed by atoms with van der Waals surface area (Å²) >= 11 is 3.50. The summed E-state index contributed by atoms with van der Waals surface area (Å²) in [4.78, 5) is 17.0. The molecule has 3 aromatic rings. The van der Waals surface area contributed by atoms with E-state index in [-0.39, 0.29) is 18.5 Å². The fourth-order valence-corrected chi connectivity index (χ4v) is 2.99. The molecule has 4 nitrogen and oxygen atoms in total. The number of hydrogen-bond donors (Lipinski definition) is 1. The minimum absolute atomic E-state index is 0.0144. The molecule has 118 valence electrons. The predicted molar refractivity (Wildman–Crippen MR) is 96.1 cm³/mol. The Morgan fingerprint density at radius 2 is 2.00 bits per heavy atom. The van der Waals surface area contributed by atoms with Crippen molar-refractivity contribution in [1.29, 1.82) is 0 Å². The number of nitrogens with zero attached hydrogens (tertiary/aromatic N) is 2. The Bertz CT molecular complexity index is 854. The fourth-order valence-electron chi connectivity index (χ4n) is 2.59. The summed E-state index contributed by atoms with van der Waals surface area (Å²) in [7, 11) is 0. The first kappa shape index (κ1) is 15.7. The van der Waals surface area contributed by atoms with Crippen LogP contribution in [0, 0.1) is 0 Å². The number of aromatic nitrogens is 2. The molecule has 0 fully saturated rings. The second kappa shape index (κ2) is 6.54. The van der Waals surface area contributed by atoms with Gasteiger partial charge in [-0.15, -0.1) is 0 Å². The van der Waals surface area contributed by atoms with Crippen LogP contribution in [0.5, 0.6) is 0 Å². The molecule has 1 N–H and O–H groups in total. The molecule has 0 saturated heterocycles. The van der Waals surface area contributed by atoms with E-state index in [1.165, 1.54) is 0 Å². The average Bonchev–Trinajstić information content (AvgIpc) is 2.85. The molecular formula is C18H18BrN3O. The molecule has 2 aromatic carbocycles. The van der Waals surface area contributed by atoms with Gasteiger partial charge in [0.2, 0.25) is 5.91 Å². The molecule has 0 aliphatic rings. The van der Waals surface area contributed by atoms with Crippen molar-refractivity contribution in [2.24, 2.45) is 0 Å². The van der Waals surface area contributed by atoms with Gasteiger partial charge in [-0.1, -0.05) is 40.2 Å². The molecule has 23 heavy (non-hydrogen) atoms. The Labute approximate surface area is 143 Å². The first-order valence-electron chi connectivity index (χ1n) is 7.55. The van der Waals surface area contributed by atoms with Gasteiger partial charge in [0.15, 0.2) is 0 Å². The number of nitrogens with one attached hydrogen (secondary N) is 1. The Balaban J connectivity index is 2.10. The van der Waals surface area contributed by atoms with E-state index in [0.29, 0.717) is 0 Å². The van der Waals surface area contributed by atoms with Gasteiger partial charge >= 0.3 is 0 Å². The van der Waals surface area contributed by atoms with E-state index in [0.717, 1.165) is 26.9 Å². The SMILES string of the molecule is CC(C)NC(=O)Cn1c(-c2cccc(Br)c2)nc2ccccc21. The van der Waals surface area contributed by atoms with Crippen LogP contribution in [0.4, 0.5) is 0 Å². The average molecular weight is 372 g/mol. The number of halogens is 1. The lowest BCUT2D eigenvalue weighted by atomic mass is 10.2. The molecular weight excluding hydrogens is 354 g/mol. The zero-order valence-electron chi connectivity index (χ0n) is 13.1. The first-order valence-corrected chi connectivity index (χ1v) is 8.34. The lowest BCUT2D eigenvalue weighted by Gasteiger charge is -2.12. The highest BCUT2D eigenvalue weighted by Crippen LogP contribution is 2.26. The number of para-hydroxylation sites is 2. The number of hydrogen-bond acceptors (Lipinski definition) is 2. The third kappa shape index (κ3) is 3.45. The van der Waals surface area contributed by atoms with E-state index in [1.54, 1.807) is 0 Å². The van der Waals surface area contributed by atoms with E-state index < -0.39 is 0 Å². The molecule has 1 heterocycles. The maximum atomic E-state index is 12.2. The molecule has 0 unspecified atom stereocenters. The van der Waals surface area contributed by atoms with E-state index >= 15 is 0 Å². The van der Waals surface area contributed by atoms with Crippen LogP contribution in [0.3, 0.4) is 0 Å². The minimum atomic E-state index is -0.0144. The van der Waals surface area contributed by atoms with Crippen molar-refractivity contribution in [2.75, 3.05) is 0 Å². The molecule has 0 saturated carbocycles. The number of carbonyl (C=O) groups is 1. The van der Waals surface area contributed by atoms with Gasteiger partial charge < -0.3 is 9.88 Å². The molecule has 0 atom stereocenters. The summed E-state index contributed by atoms with van der Waals surface area (Å²) in [5.41, 5.74) is 2.83. The van der Waals surface area contributed by atoms with Crippen molar-refractivity contribution in [3.63, 3.8) is 0 Å². The van der Waals surface area contributed by atoms with Crippen molar-refractivity contribution >= 4 is 32.9 Å². The fraction of sp³-hybridized carbons (Fsp3) is 0.222. The number of amides is 1. The van der Waals surface area contributed by atoms with Crippen molar-refractivity contribution in [3.8, 4) is 11.4 Å². The molecule has 1 aromatic heterocycles. The molecule has 0 aliphatic carbocycles. The van der Waals surface area contributed by atoms with Gasteiger partial charge in [0.05, 0.1) is 11.0 Å². The van der Waals surface area contributed by atoms with E-state index in [9.17, 15) is 4.79 Å². The van der Waals surface area contributed by atoms with Gasteiger partial charge in [0, 0.05) is 16.1 Å². The normalized spacial score (nSPS) is 11.1. The highest BCUT2D eigenvalue weighted by atomic mass is 79.9. The van der Waals surface area contributed by atoms with Crippen LogP contribution in [0.15, 0.2) is 53.0 Å². The summed E-state index contributed by atoms with van der Waals surface area (Å²) < 4.78 is 2.95. The van der Waals surface area contributed by atoms with E-state index in [1.807, 2.05) is 66.9 Å². The van der Waals surface area contributed by atoms with Gasteiger partial charge in [0.1, 0.15) is 12.4 Å². The molecule has 0 spiro atoms. The van der Waals surface area contributed by atoms with Crippen LogP contribution < -0.4 is 5.32 Å². The summed E-state index contributed by atoms with van der Waals surface area (Å²) in [6, 6.07) is 16.0. The van der Waals surface area contributed by atoms with Crippen molar-refractivity contribution < 1.29 is 4.79 Å². The number of imidazole rings is 1. The summed E-state index contributed by atoms with van der Waals surface area (Å²) in [6.45, 7) is 4.17. The second-order valence-corrected chi connectivity index (χ2v) is 6.66. The Morgan fingerprint density at radius 3 is 2.74 bits per heavy atom. The third-order valence-electron chi connectivity index (χ3n) is 3.49. The quantitative estimate of drug-likeness (QED) is 0.753. The van der Waals surface area contributed by atoms with Crippen LogP contribution in [0.2, 0.25) is 0 Å². The van der Waals surface area contributed by atoms with Crippen molar-refractivity contribution in [3.05, 3.63) is 53.0 Å².